The molecule has 0 aliphatic carbocycles. The maximum absolute atomic E-state index is 13.3. The first-order valence-corrected chi connectivity index (χ1v) is 9.99. The van der Waals surface area contributed by atoms with E-state index in [0.717, 1.165) is 5.56 Å². The number of ether oxygens (including phenoxy) is 2. The van der Waals surface area contributed by atoms with E-state index >= 15 is 0 Å². The predicted octanol–water partition coefficient (Wildman–Crippen LogP) is 1.55. The summed E-state index contributed by atoms with van der Waals surface area (Å²) in [4.78, 5) is 0. The molecule has 1 fully saturated rings. The summed E-state index contributed by atoms with van der Waals surface area (Å²) in [6, 6.07) is 7.01. The van der Waals surface area contributed by atoms with E-state index in [1.807, 2.05) is 18.2 Å². The van der Waals surface area contributed by atoms with E-state index in [2.05, 4.69) is 5.32 Å². The first kappa shape index (κ1) is 23.6. The van der Waals surface area contributed by atoms with Gasteiger partial charge in [0.15, 0.2) is 0 Å². The predicted molar refractivity (Wildman–Crippen MR) is 105 cm³/mol. The second-order valence-electron chi connectivity index (χ2n) is 5.74. The highest BCUT2D eigenvalue weighted by molar-refractivity contribution is 7.86. The van der Waals surface area contributed by atoms with Crippen molar-refractivity contribution in [1.82, 2.24) is 13.9 Å². The highest BCUT2D eigenvalue weighted by Crippen LogP contribution is 2.31. The van der Waals surface area contributed by atoms with Crippen molar-refractivity contribution in [2.45, 2.75) is 6.04 Å². The Balaban J connectivity index is 0.00000338. The lowest BCUT2D eigenvalue weighted by Crippen LogP contribution is -2.54. The molecule has 2 rings (SSSR count). The number of rotatable bonds is 9. The highest BCUT2D eigenvalue weighted by atomic mass is 35.5. The number of hydrogen-bond donors (Lipinski definition) is 1. The van der Waals surface area contributed by atoms with Gasteiger partial charge in [0.25, 0.3) is 10.2 Å². The second kappa shape index (κ2) is 11.4. The first-order chi connectivity index (χ1) is 12.0. The van der Waals surface area contributed by atoms with Crippen molar-refractivity contribution in [2.75, 3.05) is 60.2 Å². The van der Waals surface area contributed by atoms with Crippen molar-refractivity contribution < 1.29 is 17.9 Å². The molecule has 1 aliphatic rings. The molecular formula is C16H27Cl2N3O4S. The minimum Gasteiger partial charge on any atom is -0.383 e. The molecule has 1 saturated heterocycles. The zero-order chi connectivity index (χ0) is 18.3. The summed E-state index contributed by atoms with van der Waals surface area (Å²) in [5, 5.41) is 3.82. The number of methoxy groups -OCH3 is 2. The molecule has 150 valence electrons. The molecule has 1 N–H and O–H groups in total. The van der Waals surface area contributed by atoms with Crippen LogP contribution in [0.1, 0.15) is 11.6 Å². The Morgan fingerprint density at radius 3 is 2.42 bits per heavy atom. The van der Waals surface area contributed by atoms with Crippen LogP contribution >= 0.6 is 24.0 Å². The van der Waals surface area contributed by atoms with Crippen molar-refractivity contribution >= 4 is 34.2 Å². The minimum absolute atomic E-state index is 0. The molecule has 0 bridgehead atoms. The Labute approximate surface area is 167 Å². The van der Waals surface area contributed by atoms with Crippen LogP contribution < -0.4 is 5.32 Å². The van der Waals surface area contributed by atoms with Crippen LogP contribution in [0.25, 0.3) is 0 Å². The minimum atomic E-state index is -3.67. The molecule has 0 spiro atoms. The van der Waals surface area contributed by atoms with Gasteiger partial charge in [-0.3, -0.25) is 0 Å². The maximum Gasteiger partial charge on any atom is 0.282 e. The summed E-state index contributed by atoms with van der Waals surface area (Å²) in [5.41, 5.74) is 0.804. The fourth-order valence-corrected chi connectivity index (χ4v) is 4.85. The fraction of sp³-hybridized carbons (Fsp3) is 0.625. The number of piperazine rings is 1. The topological polar surface area (TPSA) is 71.1 Å². The quantitative estimate of drug-likeness (QED) is 0.646. The van der Waals surface area contributed by atoms with Crippen LogP contribution in [0, 0.1) is 0 Å². The van der Waals surface area contributed by atoms with Crippen molar-refractivity contribution in [2.24, 2.45) is 0 Å². The molecule has 7 nitrogen and oxygen atoms in total. The van der Waals surface area contributed by atoms with Gasteiger partial charge in [-0.15, -0.1) is 12.4 Å². The number of hydrogen-bond acceptors (Lipinski definition) is 5. The van der Waals surface area contributed by atoms with E-state index in [9.17, 15) is 8.42 Å². The molecule has 1 heterocycles. The maximum atomic E-state index is 13.3. The van der Waals surface area contributed by atoms with Crippen molar-refractivity contribution in [1.29, 1.82) is 0 Å². The molecule has 1 unspecified atom stereocenters. The van der Waals surface area contributed by atoms with Gasteiger partial charge in [0, 0.05) is 52.0 Å². The van der Waals surface area contributed by atoms with E-state index < -0.39 is 10.2 Å². The third kappa shape index (κ3) is 5.77. The highest BCUT2D eigenvalue weighted by Gasteiger charge is 2.37. The van der Waals surface area contributed by atoms with Crippen LogP contribution in [-0.2, 0) is 19.7 Å². The molecule has 0 aromatic heterocycles. The molecule has 1 aliphatic heterocycles. The molecule has 26 heavy (non-hydrogen) atoms. The standard InChI is InChI=1S/C16H26ClN3O4S.ClH/c1-23-11-9-19(10-12-24-2)25(21,22)20-8-7-18-13-16(20)14-5-3-4-6-15(14)17;/h3-6,16,18H,7-13H2,1-2H3;1H. The lowest BCUT2D eigenvalue weighted by Gasteiger charge is -2.38. The molecule has 10 heteroatoms. The Morgan fingerprint density at radius 2 is 1.85 bits per heavy atom. The number of nitrogens with one attached hydrogen (secondary N) is 1. The zero-order valence-corrected chi connectivity index (χ0v) is 17.4. The Hall–Kier alpha value is -0.450. The number of benzene rings is 1. The van der Waals surface area contributed by atoms with Crippen LogP contribution in [0.3, 0.4) is 0 Å². The van der Waals surface area contributed by atoms with E-state index in [1.54, 1.807) is 20.3 Å². The third-order valence-electron chi connectivity index (χ3n) is 4.17. The largest absolute Gasteiger partial charge is 0.383 e. The molecule has 0 saturated carbocycles. The molecule has 1 aromatic carbocycles. The van der Waals surface area contributed by atoms with Crippen molar-refractivity contribution in [3.63, 3.8) is 0 Å². The fourth-order valence-electron chi connectivity index (χ4n) is 2.85. The van der Waals surface area contributed by atoms with E-state index in [1.165, 1.54) is 8.61 Å². The van der Waals surface area contributed by atoms with Crippen molar-refractivity contribution in [3.8, 4) is 0 Å². The van der Waals surface area contributed by atoms with Gasteiger partial charge in [-0.1, -0.05) is 29.8 Å². The van der Waals surface area contributed by atoms with Gasteiger partial charge in [-0.25, -0.2) is 0 Å². The van der Waals surface area contributed by atoms with Gasteiger partial charge in [-0.05, 0) is 11.6 Å². The monoisotopic (exact) mass is 427 g/mol. The summed E-state index contributed by atoms with van der Waals surface area (Å²) in [7, 11) is -0.567. The van der Waals surface area contributed by atoms with Gasteiger partial charge >= 0.3 is 0 Å². The van der Waals surface area contributed by atoms with Gasteiger partial charge in [0.2, 0.25) is 0 Å². The summed E-state index contributed by atoms with van der Waals surface area (Å²) in [6.45, 7) is 2.71. The normalized spacial score (nSPS) is 18.7. The Morgan fingerprint density at radius 1 is 1.23 bits per heavy atom. The zero-order valence-electron chi connectivity index (χ0n) is 15.1. The number of halogens is 2. The average molecular weight is 428 g/mol. The summed E-state index contributed by atoms with van der Waals surface area (Å²) < 4.78 is 39.6. The molecule has 1 aromatic rings. The lowest BCUT2D eigenvalue weighted by molar-refractivity contribution is 0.143. The molecule has 0 radical (unpaired) electrons. The summed E-state index contributed by atoms with van der Waals surface area (Å²) in [6.07, 6.45) is 0. The molecule has 0 amide bonds. The smallest absolute Gasteiger partial charge is 0.282 e. The van der Waals surface area contributed by atoms with Gasteiger partial charge in [0.1, 0.15) is 0 Å². The average Bonchev–Trinajstić information content (AvgIpc) is 2.62. The van der Waals surface area contributed by atoms with Gasteiger partial charge in [0.05, 0.1) is 19.3 Å². The van der Waals surface area contributed by atoms with Crippen LogP contribution in [-0.4, -0.2) is 77.2 Å². The molecular weight excluding hydrogens is 401 g/mol. The van der Waals surface area contributed by atoms with E-state index in [0.29, 0.717) is 37.9 Å². The second-order valence-corrected chi connectivity index (χ2v) is 8.03. The molecule has 1 atom stereocenters. The van der Waals surface area contributed by atoms with Crippen molar-refractivity contribution in [3.05, 3.63) is 34.9 Å². The number of nitrogens with zero attached hydrogens (tertiary/aromatic N) is 2. The first-order valence-electron chi connectivity index (χ1n) is 8.22. The van der Waals surface area contributed by atoms with Gasteiger partial charge < -0.3 is 14.8 Å². The third-order valence-corrected chi connectivity index (χ3v) is 6.56. The summed E-state index contributed by atoms with van der Waals surface area (Å²) >= 11 is 6.32. The Kier molecular flexibility index (Phi) is 10.3. The van der Waals surface area contributed by atoms with Crippen LogP contribution in [0.2, 0.25) is 5.02 Å². The van der Waals surface area contributed by atoms with Gasteiger partial charge in [-0.2, -0.15) is 17.0 Å². The van der Waals surface area contributed by atoms with E-state index in [-0.39, 0.29) is 31.5 Å². The Bertz CT molecular complexity index is 640. The lowest BCUT2D eigenvalue weighted by atomic mass is 10.1. The SMILES string of the molecule is COCCN(CCOC)S(=O)(=O)N1CCNCC1c1ccccc1Cl.Cl. The summed E-state index contributed by atoms with van der Waals surface area (Å²) in [5.74, 6) is 0. The van der Waals surface area contributed by atoms with Crippen LogP contribution in [0.15, 0.2) is 24.3 Å². The van der Waals surface area contributed by atoms with Crippen LogP contribution in [0.5, 0.6) is 0 Å². The van der Waals surface area contributed by atoms with E-state index in [4.69, 9.17) is 21.1 Å². The van der Waals surface area contributed by atoms with Crippen LogP contribution in [0.4, 0.5) is 0 Å².